The van der Waals surface area contributed by atoms with Gasteiger partial charge in [-0.3, -0.25) is 0 Å². The normalized spacial score (nSPS) is 21.9. The Hall–Kier alpha value is -3.68. The third-order valence-electron chi connectivity index (χ3n) is 8.54. The standard InChI is InChI=1S/C30H36N8/c1-36-19-27-30(37(20-36)17-21-11-12-21)31-29(24-7-3-2-4-8-24)38(27)18-22-13-15-23(16-14-22)25-9-5-6-10-26(25)28-32-34-35-33-28/h5-6,9-10,13-16,19,21,24,29H,2-4,7-8,11-12,17-18,20H2,1H3,(H,32,33,34,35). The molecule has 7 rings (SSSR count). The first-order valence-electron chi connectivity index (χ1n) is 14.2. The molecule has 196 valence electrons. The van der Waals surface area contributed by atoms with Gasteiger partial charge in [-0.15, -0.1) is 5.10 Å². The van der Waals surface area contributed by atoms with E-state index in [1.54, 1.807) is 0 Å². The van der Waals surface area contributed by atoms with E-state index in [-0.39, 0.29) is 6.17 Å². The van der Waals surface area contributed by atoms with Crippen molar-refractivity contribution in [3.8, 4) is 22.5 Å². The summed E-state index contributed by atoms with van der Waals surface area (Å²) in [4.78, 5) is 12.9. The Morgan fingerprint density at radius 2 is 1.71 bits per heavy atom. The molecule has 0 bridgehead atoms. The maximum atomic E-state index is 5.46. The molecular weight excluding hydrogens is 472 g/mol. The van der Waals surface area contributed by atoms with Crippen molar-refractivity contribution in [2.24, 2.45) is 16.8 Å². The molecule has 4 aliphatic rings. The number of fused-ring (bicyclic) bond motifs is 1. The number of aromatic amines is 1. The summed E-state index contributed by atoms with van der Waals surface area (Å²) in [6, 6.07) is 17.3. The Morgan fingerprint density at radius 1 is 0.921 bits per heavy atom. The van der Waals surface area contributed by atoms with Gasteiger partial charge in [0.15, 0.2) is 11.7 Å². The minimum atomic E-state index is 0.240. The highest BCUT2D eigenvalue weighted by Gasteiger charge is 2.41. The number of hydrogen-bond acceptors (Lipinski definition) is 7. The predicted molar refractivity (Wildman–Crippen MR) is 149 cm³/mol. The van der Waals surface area contributed by atoms with Gasteiger partial charge in [0.25, 0.3) is 0 Å². The monoisotopic (exact) mass is 508 g/mol. The Kier molecular flexibility index (Phi) is 6.10. The number of rotatable bonds is 7. The van der Waals surface area contributed by atoms with Gasteiger partial charge in [0, 0.05) is 31.9 Å². The summed E-state index contributed by atoms with van der Waals surface area (Å²) in [5, 5.41) is 14.6. The highest BCUT2D eigenvalue weighted by molar-refractivity contribution is 6.00. The van der Waals surface area contributed by atoms with Gasteiger partial charge in [-0.25, -0.2) is 10.1 Å². The van der Waals surface area contributed by atoms with Crippen molar-refractivity contribution in [3.63, 3.8) is 0 Å². The number of tetrazole rings is 1. The van der Waals surface area contributed by atoms with Crippen LogP contribution < -0.4 is 0 Å². The van der Waals surface area contributed by atoms with Gasteiger partial charge in [-0.2, -0.15) is 0 Å². The van der Waals surface area contributed by atoms with E-state index < -0.39 is 0 Å². The van der Waals surface area contributed by atoms with Crippen LogP contribution in [0.2, 0.25) is 0 Å². The lowest BCUT2D eigenvalue weighted by atomic mass is 9.86. The Bertz CT molecular complexity index is 1320. The highest BCUT2D eigenvalue weighted by atomic mass is 15.5. The SMILES string of the molecule is CN1C=C2C(=NC(C3CCCCC3)N2Cc2ccc(-c3ccccc3-c3nnn[nH]3)cc2)N(CC2CC2)C1. The van der Waals surface area contributed by atoms with E-state index in [9.17, 15) is 0 Å². The Labute approximate surface area is 224 Å². The molecule has 0 spiro atoms. The molecule has 3 heterocycles. The molecule has 8 nitrogen and oxygen atoms in total. The molecule has 1 aromatic heterocycles. The lowest BCUT2D eigenvalue weighted by Gasteiger charge is -2.38. The molecule has 0 amide bonds. The fourth-order valence-electron chi connectivity index (χ4n) is 6.42. The molecule has 2 fully saturated rings. The zero-order valence-electron chi connectivity index (χ0n) is 22.1. The summed E-state index contributed by atoms with van der Waals surface area (Å²) >= 11 is 0. The van der Waals surface area contributed by atoms with Crippen LogP contribution in [0.25, 0.3) is 22.5 Å². The van der Waals surface area contributed by atoms with Crippen LogP contribution in [0.15, 0.2) is 65.4 Å². The zero-order valence-corrected chi connectivity index (χ0v) is 22.1. The largest absolute Gasteiger partial charge is 0.361 e. The van der Waals surface area contributed by atoms with Crippen molar-refractivity contribution in [2.45, 2.75) is 57.7 Å². The van der Waals surface area contributed by atoms with Crippen LogP contribution in [0.5, 0.6) is 0 Å². The van der Waals surface area contributed by atoms with Gasteiger partial charge in [0.1, 0.15) is 6.17 Å². The molecule has 0 radical (unpaired) electrons. The maximum absolute atomic E-state index is 5.46. The van der Waals surface area contributed by atoms with Crippen molar-refractivity contribution in [1.29, 1.82) is 0 Å². The number of amidine groups is 1. The average molecular weight is 509 g/mol. The first-order chi connectivity index (χ1) is 18.7. The highest BCUT2D eigenvalue weighted by Crippen LogP contribution is 2.39. The molecule has 1 unspecified atom stereocenters. The second kappa shape index (κ2) is 9.89. The lowest BCUT2D eigenvalue weighted by Crippen LogP contribution is -2.45. The molecule has 2 aromatic carbocycles. The molecule has 0 saturated heterocycles. The minimum absolute atomic E-state index is 0.240. The quantitative estimate of drug-likeness (QED) is 0.478. The number of aliphatic imine (C=N–C) groups is 1. The molecule has 1 N–H and O–H groups in total. The van der Waals surface area contributed by atoms with Crippen LogP contribution in [0.1, 0.15) is 50.5 Å². The van der Waals surface area contributed by atoms with Gasteiger partial charge in [-0.1, -0.05) is 67.8 Å². The number of hydrogen-bond donors (Lipinski definition) is 1. The number of nitrogens with one attached hydrogen (secondary N) is 1. The van der Waals surface area contributed by atoms with Gasteiger partial charge in [-0.05, 0) is 64.6 Å². The fourth-order valence-corrected chi connectivity index (χ4v) is 6.42. The second-order valence-electron chi connectivity index (χ2n) is 11.5. The van der Waals surface area contributed by atoms with Crippen LogP contribution >= 0.6 is 0 Å². The van der Waals surface area contributed by atoms with E-state index >= 15 is 0 Å². The van der Waals surface area contributed by atoms with E-state index in [0.29, 0.717) is 11.7 Å². The first-order valence-corrected chi connectivity index (χ1v) is 14.2. The van der Waals surface area contributed by atoms with Gasteiger partial charge >= 0.3 is 0 Å². The lowest BCUT2D eigenvalue weighted by molar-refractivity contribution is 0.164. The van der Waals surface area contributed by atoms with Crippen molar-refractivity contribution < 1.29 is 0 Å². The minimum Gasteiger partial charge on any atom is -0.361 e. The summed E-state index contributed by atoms with van der Waals surface area (Å²) in [6.07, 6.45) is 11.9. The van der Waals surface area contributed by atoms with Crippen molar-refractivity contribution in [1.82, 2.24) is 35.3 Å². The second-order valence-corrected chi connectivity index (χ2v) is 11.5. The summed E-state index contributed by atoms with van der Waals surface area (Å²) in [5.74, 6) is 3.40. The van der Waals surface area contributed by atoms with E-state index in [2.05, 4.69) is 91.0 Å². The Balaban J connectivity index is 1.17. The number of H-pyrrole nitrogens is 1. The van der Waals surface area contributed by atoms with Crippen LogP contribution in [-0.2, 0) is 6.54 Å². The van der Waals surface area contributed by atoms with Crippen molar-refractivity contribution in [2.75, 3.05) is 20.3 Å². The summed E-state index contributed by atoms with van der Waals surface area (Å²) in [7, 11) is 2.20. The van der Waals surface area contributed by atoms with Crippen LogP contribution in [-0.4, -0.2) is 67.6 Å². The molecule has 3 aromatic rings. The molecule has 38 heavy (non-hydrogen) atoms. The molecule has 2 aliphatic carbocycles. The average Bonchev–Trinajstić information content (AvgIpc) is 3.45. The van der Waals surface area contributed by atoms with Crippen LogP contribution in [0.4, 0.5) is 0 Å². The molecular formula is C30H36N8. The predicted octanol–water partition coefficient (Wildman–Crippen LogP) is 5.11. The van der Waals surface area contributed by atoms with E-state index in [1.165, 1.54) is 62.0 Å². The fraction of sp³-hybridized carbons (Fsp3) is 0.467. The molecule has 2 saturated carbocycles. The van der Waals surface area contributed by atoms with Crippen molar-refractivity contribution >= 4 is 5.84 Å². The Morgan fingerprint density at radius 3 is 2.45 bits per heavy atom. The summed E-state index contributed by atoms with van der Waals surface area (Å²) in [5.41, 5.74) is 5.91. The maximum Gasteiger partial charge on any atom is 0.180 e. The molecule has 2 aliphatic heterocycles. The van der Waals surface area contributed by atoms with E-state index in [1.807, 2.05) is 6.07 Å². The van der Waals surface area contributed by atoms with Gasteiger partial charge in [0.2, 0.25) is 0 Å². The van der Waals surface area contributed by atoms with E-state index in [0.717, 1.165) is 42.4 Å². The number of nitrogens with zero attached hydrogens (tertiary/aromatic N) is 7. The topological polar surface area (TPSA) is 76.5 Å². The third kappa shape index (κ3) is 4.57. The van der Waals surface area contributed by atoms with Gasteiger partial charge < -0.3 is 14.7 Å². The van der Waals surface area contributed by atoms with Crippen molar-refractivity contribution in [3.05, 3.63) is 66.0 Å². The first kappa shape index (κ1) is 23.4. The zero-order chi connectivity index (χ0) is 25.5. The summed E-state index contributed by atoms with van der Waals surface area (Å²) in [6.45, 7) is 2.96. The molecule has 8 heteroatoms. The third-order valence-corrected chi connectivity index (χ3v) is 8.54. The van der Waals surface area contributed by atoms with Crippen LogP contribution in [0, 0.1) is 11.8 Å². The van der Waals surface area contributed by atoms with Gasteiger partial charge in [0.05, 0.1) is 12.4 Å². The molecule has 1 atom stereocenters. The van der Waals surface area contributed by atoms with E-state index in [4.69, 9.17) is 4.99 Å². The number of benzene rings is 2. The summed E-state index contributed by atoms with van der Waals surface area (Å²) < 4.78 is 0. The number of aromatic nitrogens is 4. The van der Waals surface area contributed by atoms with Crippen LogP contribution in [0.3, 0.4) is 0 Å². The smallest absolute Gasteiger partial charge is 0.180 e.